The second-order valence-electron chi connectivity index (χ2n) is 4.23. The predicted octanol–water partition coefficient (Wildman–Crippen LogP) is 1.10. The molecule has 0 amide bonds. The molecule has 1 aromatic heterocycles. The fourth-order valence-corrected chi connectivity index (χ4v) is 1.94. The van der Waals surface area contributed by atoms with Crippen LogP contribution >= 0.6 is 15.9 Å². The number of ether oxygens (including phenoxy) is 2. The van der Waals surface area contributed by atoms with Crippen LogP contribution in [0.4, 0.5) is 5.82 Å². The van der Waals surface area contributed by atoms with E-state index in [0.29, 0.717) is 23.4 Å². The van der Waals surface area contributed by atoms with Gasteiger partial charge in [0.25, 0.3) is 5.56 Å². The Balaban J connectivity index is 1.95. The molecule has 0 radical (unpaired) electrons. The average Bonchev–Trinajstić information content (AvgIpc) is 2.61. The second kappa shape index (κ2) is 4.75. The van der Waals surface area contributed by atoms with Crippen molar-refractivity contribution in [2.45, 2.75) is 25.7 Å². The van der Waals surface area contributed by atoms with Gasteiger partial charge in [0.2, 0.25) is 0 Å². The van der Waals surface area contributed by atoms with Crippen LogP contribution in [0.2, 0.25) is 0 Å². The second-order valence-corrected chi connectivity index (χ2v) is 5.02. The summed E-state index contributed by atoms with van der Waals surface area (Å²) >= 11 is 3.17. The van der Waals surface area contributed by atoms with Crippen LogP contribution in [0.1, 0.15) is 13.8 Å². The lowest BCUT2D eigenvalue weighted by Crippen LogP contribution is -2.26. The van der Waals surface area contributed by atoms with Crippen molar-refractivity contribution in [2.24, 2.45) is 0 Å². The third kappa shape index (κ3) is 3.05. The largest absolute Gasteiger partial charge is 0.366 e. The molecule has 0 spiro atoms. The minimum Gasteiger partial charge on any atom is -0.366 e. The monoisotopic (exact) mass is 303 g/mol. The molecule has 1 unspecified atom stereocenters. The van der Waals surface area contributed by atoms with Gasteiger partial charge in [0, 0.05) is 6.54 Å². The van der Waals surface area contributed by atoms with E-state index in [-0.39, 0.29) is 11.7 Å². The van der Waals surface area contributed by atoms with E-state index < -0.39 is 5.79 Å². The molecule has 2 N–H and O–H groups in total. The van der Waals surface area contributed by atoms with E-state index in [0.717, 1.165) is 0 Å². The molecule has 1 aromatic rings. The summed E-state index contributed by atoms with van der Waals surface area (Å²) in [6, 6.07) is 0. The molecule has 1 atom stereocenters. The molecule has 0 aromatic carbocycles. The first-order valence-electron chi connectivity index (χ1n) is 5.27. The van der Waals surface area contributed by atoms with Crippen molar-refractivity contribution >= 4 is 21.7 Å². The Kier molecular flexibility index (Phi) is 3.50. The third-order valence-corrected chi connectivity index (χ3v) is 3.10. The molecular weight excluding hydrogens is 290 g/mol. The summed E-state index contributed by atoms with van der Waals surface area (Å²) in [4.78, 5) is 17.8. The highest BCUT2D eigenvalue weighted by Crippen LogP contribution is 2.22. The summed E-state index contributed by atoms with van der Waals surface area (Å²) in [5.41, 5.74) is -0.216. The number of anilines is 1. The van der Waals surface area contributed by atoms with Crippen molar-refractivity contribution in [1.82, 2.24) is 9.97 Å². The van der Waals surface area contributed by atoms with Gasteiger partial charge < -0.3 is 19.8 Å². The minimum atomic E-state index is -0.537. The van der Waals surface area contributed by atoms with Gasteiger partial charge in [0.15, 0.2) is 5.79 Å². The van der Waals surface area contributed by atoms with Gasteiger partial charge in [0.1, 0.15) is 16.4 Å². The Morgan fingerprint density at radius 3 is 3.12 bits per heavy atom. The highest BCUT2D eigenvalue weighted by atomic mass is 79.9. The molecule has 0 aliphatic carbocycles. The number of H-pyrrole nitrogens is 1. The van der Waals surface area contributed by atoms with E-state index in [2.05, 4.69) is 31.2 Å². The zero-order chi connectivity index (χ0) is 12.5. The van der Waals surface area contributed by atoms with Crippen LogP contribution < -0.4 is 10.9 Å². The maximum absolute atomic E-state index is 11.3. The number of hydrogen-bond donors (Lipinski definition) is 2. The summed E-state index contributed by atoms with van der Waals surface area (Å²) < 4.78 is 11.4. The van der Waals surface area contributed by atoms with Crippen LogP contribution in [0.5, 0.6) is 0 Å². The molecule has 2 heterocycles. The number of halogens is 1. The van der Waals surface area contributed by atoms with Crippen molar-refractivity contribution < 1.29 is 9.47 Å². The zero-order valence-corrected chi connectivity index (χ0v) is 11.2. The van der Waals surface area contributed by atoms with E-state index >= 15 is 0 Å². The summed E-state index contributed by atoms with van der Waals surface area (Å²) in [5.74, 6) is -0.0346. The lowest BCUT2D eigenvalue weighted by atomic mass is 10.3. The minimum absolute atomic E-state index is 0.0435. The Bertz CT molecular complexity index is 460. The standard InChI is InChI=1S/C10H14BrN3O3/c1-10(2)16-4-6(17-10)3-12-8-7(11)9(15)14-5-13-8/h5-6H,3-4H2,1-2H3,(H2,12,13,14,15). The highest BCUT2D eigenvalue weighted by molar-refractivity contribution is 9.10. The molecule has 2 rings (SSSR count). The molecule has 1 aliphatic heterocycles. The van der Waals surface area contributed by atoms with Gasteiger partial charge in [0.05, 0.1) is 12.9 Å². The van der Waals surface area contributed by atoms with Crippen LogP contribution in [-0.2, 0) is 9.47 Å². The Labute approximate surface area is 107 Å². The third-order valence-electron chi connectivity index (χ3n) is 2.36. The van der Waals surface area contributed by atoms with E-state index in [9.17, 15) is 4.79 Å². The molecule has 7 heteroatoms. The fourth-order valence-electron chi connectivity index (χ4n) is 1.58. The summed E-state index contributed by atoms with van der Waals surface area (Å²) in [7, 11) is 0. The summed E-state index contributed by atoms with van der Waals surface area (Å²) in [6.07, 6.45) is 1.31. The fraction of sp³-hybridized carbons (Fsp3) is 0.600. The molecule has 1 fully saturated rings. The Morgan fingerprint density at radius 2 is 2.47 bits per heavy atom. The quantitative estimate of drug-likeness (QED) is 0.874. The molecule has 6 nitrogen and oxygen atoms in total. The Hall–Kier alpha value is -0.920. The number of aromatic nitrogens is 2. The number of aromatic amines is 1. The van der Waals surface area contributed by atoms with Crippen LogP contribution in [0, 0.1) is 0 Å². The van der Waals surface area contributed by atoms with Gasteiger partial charge in [-0.25, -0.2) is 4.98 Å². The van der Waals surface area contributed by atoms with Gasteiger partial charge in [-0.15, -0.1) is 0 Å². The van der Waals surface area contributed by atoms with Crippen molar-refractivity contribution in [3.05, 3.63) is 21.2 Å². The first-order valence-corrected chi connectivity index (χ1v) is 6.06. The van der Waals surface area contributed by atoms with Gasteiger partial charge >= 0.3 is 0 Å². The normalized spacial score (nSPS) is 22.6. The van der Waals surface area contributed by atoms with Crippen LogP contribution in [0.15, 0.2) is 15.6 Å². The van der Waals surface area contributed by atoms with E-state index in [1.54, 1.807) is 0 Å². The molecule has 94 valence electrons. The average molecular weight is 304 g/mol. The zero-order valence-electron chi connectivity index (χ0n) is 9.62. The highest BCUT2D eigenvalue weighted by Gasteiger charge is 2.32. The van der Waals surface area contributed by atoms with E-state index in [1.165, 1.54) is 6.33 Å². The lowest BCUT2D eigenvalue weighted by molar-refractivity contribution is -0.136. The van der Waals surface area contributed by atoms with E-state index in [4.69, 9.17) is 9.47 Å². The topological polar surface area (TPSA) is 76.2 Å². The van der Waals surface area contributed by atoms with Crippen molar-refractivity contribution in [2.75, 3.05) is 18.5 Å². The number of rotatable bonds is 3. The predicted molar refractivity (Wildman–Crippen MR) is 66.0 cm³/mol. The summed E-state index contributed by atoms with van der Waals surface area (Å²) in [6.45, 7) is 4.81. The lowest BCUT2D eigenvalue weighted by Gasteiger charge is -2.17. The number of nitrogens with one attached hydrogen (secondary N) is 2. The van der Waals surface area contributed by atoms with Crippen molar-refractivity contribution in [1.29, 1.82) is 0 Å². The van der Waals surface area contributed by atoms with Gasteiger partial charge in [-0.3, -0.25) is 4.79 Å². The molecular formula is C10H14BrN3O3. The smallest absolute Gasteiger partial charge is 0.267 e. The molecule has 0 bridgehead atoms. The van der Waals surface area contributed by atoms with Gasteiger partial charge in [-0.05, 0) is 29.8 Å². The van der Waals surface area contributed by atoms with Crippen LogP contribution in [0.3, 0.4) is 0 Å². The van der Waals surface area contributed by atoms with Gasteiger partial charge in [-0.2, -0.15) is 0 Å². The Morgan fingerprint density at radius 1 is 1.71 bits per heavy atom. The van der Waals surface area contributed by atoms with Crippen LogP contribution in [0.25, 0.3) is 0 Å². The first kappa shape index (κ1) is 12.5. The van der Waals surface area contributed by atoms with Gasteiger partial charge in [-0.1, -0.05) is 0 Å². The van der Waals surface area contributed by atoms with Crippen molar-refractivity contribution in [3.63, 3.8) is 0 Å². The number of nitrogens with zero attached hydrogens (tertiary/aromatic N) is 1. The maximum atomic E-state index is 11.3. The molecule has 0 saturated carbocycles. The maximum Gasteiger partial charge on any atom is 0.267 e. The van der Waals surface area contributed by atoms with Crippen LogP contribution in [-0.4, -0.2) is 35.0 Å². The molecule has 1 aliphatic rings. The molecule has 17 heavy (non-hydrogen) atoms. The summed E-state index contributed by atoms with van der Waals surface area (Å²) in [5, 5.41) is 3.05. The first-order chi connectivity index (χ1) is 7.98. The molecule has 1 saturated heterocycles. The number of hydrogen-bond acceptors (Lipinski definition) is 5. The van der Waals surface area contributed by atoms with E-state index in [1.807, 2.05) is 13.8 Å². The van der Waals surface area contributed by atoms with Crippen molar-refractivity contribution in [3.8, 4) is 0 Å². The SMILES string of the molecule is CC1(C)OCC(CNc2nc[nH]c(=O)c2Br)O1.